The van der Waals surface area contributed by atoms with Crippen molar-refractivity contribution in [2.75, 3.05) is 33.4 Å². The maximum Gasteiger partial charge on any atom is 0.241 e. The molecule has 0 saturated heterocycles. The Morgan fingerprint density at radius 1 is 1.21 bits per heavy atom. The molecule has 1 amide bonds. The summed E-state index contributed by atoms with van der Waals surface area (Å²) in [7, 11) is 1.60. The number of guanidine groups is 1. The van der Waals surface area contributed by atoms with Gasteiger partial charge in [-0.1, -0.05) is 31.2 Å². The minimum Gasteiger partial charge on any atom is -0.383 e. The molecule has 0 heterocycles. The van der Waals surface area contributed by atoms with Crippen molar-refractivity contribution in [3.8, 4) is 0 Å². The minimum absolute atomic E-state index is 0.0839. The van der Waals surface area contributed by atoms with Crippen LogP contribution in [-0.2, 0) is 16.0 Å². The van der Waals surface area contributed by atoms with Crippen LogP contribution in [0.5, 0.6) is 0 Å². The first kappa shape index (κ1) is 20.0. The van der Waals surface area contributed by atoms with Crippen LogP contribution in [0.2, 0.25) is 0 Å². The fourth-order valence-electron chi connectivity index (χ4n) is 2.15. The fourth-order valence-corrected chi connectivity index (χ4v) is 2.15. The van der Waals surface area contributed by atoms with E-state index in [1.807, 2.05) is 6.92 Å². The Morgan fingerprint density at radius 3 is 2.50 bits per heavy atom. The Balaban J connectivity index is 2.59. The van der Waals surface area contributed by atoms with E-state index < -0.39 is 0 Å². The van der Waals surface area contributed by atoms with Crippen molar-refractivity contribution in [3.63, 3.8) is 0 Å². The molecule has 24 heavy (non-hydrogen) atoms. The first-order chi connectivity index (χ1) is 11.6. The highest BCUT2D eigenvalue weighted by molar-refractivity contribution is 5.85. The molecule has 0 aliphatic rings. The molecule has 0 saturated carbocycles. The number of aliphatic imine (C=N–C) groups is 1. The van der Waals surface area contributed by atoms with Crippen LogP contribution in [0, 0.1) is 0 Å². The molecular formula is C18H30N4O2. The van der Waals surface area contributed by atoms with E-state index in [1.54, 1.807) is 7.11 Å². The molecule has 0 fully saturated rings. The molecular weight excluding hydrogens is 304 g/mol. The molecule has 1 aromatic rings. The van der Waals surface area contributed by atoms with Crippen LogP contribution in [0.15, 0.2) is 29.3 Å². The molecule has 0 aromatic heterocycles. The number of hydrogen-bond acceptors (Lipinski definition) is 3. The molecule has 6 heteroatoms. The lowest BCUT2D eigenvalue weighted by atomic mass is 10.1. The van der Waals surface area contributed by atoms with E-state index in [4.69, 9.17) is 4.74 Å². The molecule has 3 N–H and O–H groups in total. The monoisotopic (exact) mass is 334 g/mol. The van der Waals surface area contributed by atoms with Crippen molar-refractivity contribution in [2.45, 2.75) is 33.2 Å². The third-order valence-electron chi connectivity index (χ3n) is 3.59. The lowest BCUT2D eigenvalue weighted by molar-refractivity contribution is -0.119. The van der Waals surface area contributed by atoms with Gasteiger partial charge in [-0.05, 0) is 31.4 Å². The quantitative estimate of drug-likeness (QED) is 0.364. The number of amides is 1. The summed E-state index contributed by atoms with van der Waals surface area (Å²) in [5, 5.41) is 9.24. The SMILES string of the molecule is CCNC(=NCC(=O)NCCOC)NC(C)c1ccc(CC)cc1. The van der Waals surface area contributed by atoms with Gasteiger partial charge in [0.15, 0.2) is 5.96 Å². The Bertz CT molecular complexity index is 514. The summed E-state index contributed by atoms with van der Waals surface area (Å²) in [5.74, 6) is 0.510. The second-order valence-electron chi connectivity index (χ2n) is 5.50. The molecule has 0 bridgehead atoms. The summed E-state index contributed by atoms with van der Waals surface area (Å²) in [6, 6.07) is 8.63. The van der Waals surface area contributed by atoms with E-state index in [-0.39, 0.29) is 18.5 Å². The zero-order chi connectivity index (χ0) is 17.8. The number of nitrogens with one attached hydrogen (secondary N) is 3. The minimum atomic E-state index is -0.121. The van der Waals surface area contributed by atoms with E-state index in [2.05, 4.69) is 59.1 Å². The molecule has 0 radical (unpaired) electrons. The van der Waals surface area contributed by atoms with Gasteiger partial charge in [-0.15, -0.1) is 0 Å². The Morgan fingerprint density at radius 2 is 1.92 bits per heavy atom. The maximum atomic E-state index is 11.7. The number of ether oxygens (including phenoxy) is 1. The summed E-state index contributed by atoms with van der Waals surface area (Å²) in [4.78, 5) is 16.1. The van der Waals surface area contributed by atoms with Crippen LogP contribution in [-0.4, -0.2) is 45.2 Å². The first-order valence-electron chi connectivity index (χ1n) is 8.50. The number of benzene rings is 1. The van der Waals surface area contributed by atoms with E-state index in [0.29, 0.717) is 19.1 Å². The lowest BCUT2D eigenvalue weighted by Gasteiger charge is -2.18. The van der Waals surface area contributed by atoms with Gasteiger partial charge in [0.05, 0.1) is 12.6 Å². The predicted octanol–water partition coefficient (Wildman–Crippen LogP) is 1.63. The van der Waals surface area contributed by atoms with Crippen LogP contribution >= 0.6 is 0 Å². The fraction of sp³-hybridized carbons (Fsp3) is 0.556. The second kappa shape index (κ2) is 11.5. The average molecular weight is 334 g/mol. The highest BCUT2D eigenvalue weighted by Crippen LogP contribution is 2.13. The van der Waals surface area contributed by atoms with Crippen LogP contribution in [0.25, 0.3) is 0 Å². The van der Waals surface area contributed by atoms with Gasteiger partial charge in [-0.2, -0.15) is 0 Å². The summed E-state index contributed by atoms with van der Waals surface area (Å²) < 4.78 is 4.90. The third kappa shape index (κ3) is 7.46. The molecule has 1 atom stereocenters. The Hall–Kier alpha value is -2.08. The zero-order valence-corrected chi connectivity index (χ0v) is 15.2. The van der Waals surface area contributed by atoms with Crippen molar-refractivity contribution in [2.24, 2.45) is 4.99 Å². The van der Waals surface area contributed by atoms with Gasteiger partial charge in [-0.3, -0.25) is 4.79 Å². The second-order valence-corrected chi connectivity index (χ2v) is 5.50. The van der Waals surface area contributed by atoms with Gasteiger partial charge in [0.25, 0.3) is 0 Å². The summed E-state index contributed by atoms with van der Waals surface area (Å²) in [5.41, 5.74) is 2.50. The highest BCUT2D eigenvalue weighted by atomic mass is 16.5. The van der Waals surface area contributed by atoms with Gasteiger partial charge in [0.1, 0.15) is 6.54 Å². The molecule has 6 nitrogen and oxygen atoms in total. The van der Waals surface area contributed by atoms with Crippen molar-refractivity contribution in [1.29, 1.82) is 0 Å². The van der Waals surface area contributed by atoms with Crippen molar-refractivity contribution in [1.82, 2.24) is 16.0 Å². The number of methoxy groups -OCH3 is 1. The van der Waals surface area contributed by atoms with Gasteiger partial charge in [0, 0.05) is 20.2 Å². The molecule has 134 valence electrons. The average Bonchev–Trinajstić information content (AvgIpc) is 2.60. The summed E-state index contributed by atoms with van der Waals surface area (Å²) >= 11 is 0. The number of rotatable bonds is 9. The molecule has 0 aliphatic carbocycles. The number of aryl methyl sites for hydroxylation is 1. The smallest absolute Gasteiger partial charge is 0.241 e. The number of carbonyl (C=O) groups is 1. The van der Waals surface area contributed by atoms with Crippen LogP contribution < -0.4 is 16.0 Å². The molecule has 0 aliphatic heterocycles. The van der Waals surface area contributed by atoms with Crippen LogP contribution in [0.3, 0.4) is 0 Å². The number of nitrogens with zero attached hydrogens (tertiary/aromatic N) is 1. The Kier molecular flexibility index (Phi) is 9.53. The zero-order valence-electron chi connectivity index (χ0n) is 15.2. The van der Waals surface area contributed by atoms with Crippen LogP contribution in [0.1, 0.15) is 37.9 Å². The maximum absolute atomic E-state index is 11.7. The van der Waals surface area contributed by atoms with Crippen LogP contribution in [0.4, 0.5) is 0 Å². The van der Waals surface area contributed by atoms with Crippen molar-refractivity contribution < 1.29 is 9.53 Å². The molecule has 1 aromatic carbocycles. The van der Waals surface area contributed by atoms with E-state index in [1.165, 1.54) is 11.1 Å². The van der Waals surface area contributed by atoms with Gasteiger partial charge < -0.3 is 20.7 Å². The van der Waals surface area contributed by atoms with Crippen molar-refractivity contribution in [3.05, 3.63) is 35.4 Å². The van der Waals surface area contributed by atoms with E-state index in [9.17, 15) is 4.79 Å². The van der Waals surface area contributed by atoms with Gasteiger partial charge >= 0.3 is 0 Å². The van der Waals surface area contributed by atoms with E-state index >= 15 is 0 Å². The lowest BCUT2D eigenvalue weighted by Crippen LogP contribution is -2.40. The molecule has 1 rings (SSSR count). The van der Waals surface area contributed by atoms with E-state index in [0.717, 1.165) is 13.0 Å². The molecule has 0 spiro atoms. The van der Waals surface area contributed by atoms with Gasteiger partial charge in [0.2, 0.25) is 5.91 Å². The normalized spacial score (nSPS) is 12.6. The highest BCUT2D eigenvalue weighted by Gasteiger charge is 2.08. The molecule has 1 unspecified atom stereocenters. The Labute approximate surface area is 145 Å². The first-order valence-corrected chi connectivity index (χ1v) is 8.50. The van der Waals surface area contributed by atoms with Crippen molar-refractivity contribution >= 4 is 11.9 Å². The largest absolute Gasteiger partial charge is 0.383 e. The summed E-state index contributed by atoms with van der Waals surface area (Å²) in [6.07, 6.45) is 1.03. The number of hydrogen-bond donors (Lipinski definition) is 3. The third-order valence-corrected chi connectivity index (χ3v) is 3.59. The van der Waals surface area contributed by atoms with Gasteiger partial charge in [-0.25, -0.2) is 4.99 Å². The topological polar surface area (TPSA) is 74.8 Å². The predicted molar refractivity (Wildman–Crippen MR) is 98.2 cm³/mol. The number of carbonyl (C=O) groups excluding carboxylic acids is 1. The standard InChI is InChI=1S/C18H30N4O2/c1-5-15-7-9-16(10-8-15)14(3)22-18(19-6-2)21-13-17(23)20-11-12-24-4/h7-10,14H,5-6,11-13H2,1-4H3,(H,20,23)(H2,19,21,22). The summed E-state index contributed by atoms with van der Waals surface area (Å²) in [6.45, 7) is 8.03.